The second-order valence-electron chi connectivity index (χ2n) is 5.04. The minimum Gasteiger partial charge on any atom is -0.488 e. The van der Waals surface area contributed by atoms with Crippen molar-refractivity contribution in [3.05, 3.63) is 28.2 Å². The second-order valence-corrected chi connectivity index (χ2v) is 5.96. The standard InChI is InChI=1S/C14H16BrN3O/c15-11-1-2-14-10(5-11)6-13(19-14)9-18-4-3-17-8-12(18)7-16/h1-2,5,12-13,17H,3-4,6,8-9H2. The van der Waals surface area contributed by atoms with Crippen LogP contribution in [0.25, 0.3) is 0 Å². The van der Waals surface area contributed by atoms with Crippen LogP contribution >= 0.6 is 15.9 Å². The molecule has 1 N–H and O–H groups in total. The number of nitrogens with one attached hydrogen (secondary N) is 1. The Bertz CT molecular complexity index is 514. The summed E-state index contributed by atoms with van der Waals surface area (Å²) in [6.45, 7) is 3.44. The second kappa shape index (κ2) is 5.49. The molecule has 1 fully saturated rings. The van der Waals surface area contributed by atoms with E-state index < -0.39 is 0 Å². The highest BCUT2D eigenvalue weighted by Gasteiger charge is 2.29. The lowest BCUT2D eigenvalue weighted by Gasteiger charge is -2.33. The molecule has 0 bridgehead atoms. The monoisotopic (exact) mass is 321 g/mol. The molecule has 2 aliphatic rings. The number of nitrogens with zero attached hydrogens (tertiary/aromatic N) is 2. The molecule has 0 radical (unpaired) electrons. The van der Waals surface area contributed by atoms with Gasteiger partial charge in [-0.3, -0.25) is 4.90 Å². The van der Waals surface area contributed by atoms with Crippen LogP contribution in [0, 0.1) is 11.3 Å². The van der Waals surface area contributed by atoms with Crippen molar-refractivity contribution in [2.24, 2.45) is 0 Å². The lowest BCUT2D eigenvalue weighted by atomic mass is 10.1. The van der Waals surface area contributed by atoms with Gasteiger partial charge in [-0.25, -0.2) is 0 Å². The summed E-state index contributed by atoms with van der Waals surface area (Å²) in [6, 6.07) is 8.46. The van der Waals surface area contributed by atoms with Crippen LogP contribution in [0.4, 0.5) is 0 Å². The molecule has 3 rings (SSSR count). The molecule has 0 aliphatic carbocycles. The normalized spacial score (nSPS) is 26.5. The van der Waals surface area contributed by atoms with Crippen molar-refractivity contribution in [2.75, 3.05) is 26.2 Å². The smallest absolute Gasteiger partial charge is 0.123 e. The van der Waals surface area contributed by atoms with Gasteiger partial charge in [0.25, 0.3) is 0 Å². The van der Waals surface area contributed by atoms with E-state index in [1.165, 1.54) is 5.56 Å². The minimum absolute atomic E-state index is 0.0344. The van der Waals surface area contributed by atoms with E-state index in [1.807, 2.05) is 12.1 Å². The predicted octanol–water partition coefficient (Wildman–Crippen LogP) is 1.55. The molecule has 4 nitrogen and oxygen atoms in total. The molecular weight excluding hydrogens is 306 g/mol. The van der Waals surface area contributed by atoms with Crippen molar-refractivity contribution in [3.8, 4) is 11.8 Å². The molecule has 2 unspecified atom stereocenters. The van der Waals surface area contributed by atoms with Crippen LogP contribution in [-0.4, -0.2) is 43.2 Å². The van der Waals surface area contributed by atoms with Crippen molar-refractivity contribution >= 4 is 15.9 Å². The number of fused-ring (bicyclic) bond motifs is 1. The maximum absolute atomic E-state index is 9.17. The topological polar surface area (TPSA) is 48.3 Å². The van der Waals surface area contributed by atoms with Crippen molar-refractivity contribution in [1.29, 1.82) is 5.26 Å². The summed E-state index contributed by atoms with van der Waals surface area (Å²) in [4.78, 5) is 2.22. The summed E-state index contributed by atoms with van der Waals surface area (Å²) in [5.74, 6) is 0.983. The molecule has 2 aliphatic heterocycles. The molecule has 0 amide bonds. The molecule has 1 aromatic carbocycles. The van der Waals surface area contributed by atoms with Gasteiger partial charge in [0.05, 0.1) is 6.07 Å². The van der Waals surface area contributed by atoms with Gasteiger partial charge in [-0.15, -0.1) is 0 Å². The first kappa shape index (κ1) is 12.9. The Labute approximate surface area is 121 Å². The largest absolute Gasteiger partial charge is 0.488 e. The number of hydrogen-bond donors (Lipinski definition) is 1. The van der Waals surface area contributed by atoms with E-state index in [2.05, 4.69) is 38.3 Å². The van der Waals surface area contributed by atoms with Gasteiger partial charge < -0.3 is 10.1 Å². The number of piperazine rings is 1. The van der Waals surface area contributed by atoms with Gasteiger partial charge >= 0.3 is 0 Å². The van der Waals surface area contributed by atoms with Gasteiger partial charge in [0, 0.05) is 37.1 Å². The van der Waals surface area contributed by atoms with Gasteiger partial charge in [0.15, 0.2) is 0 Å². The molecule has 2 heterocycles. The Hall–Kier alpha value is -1.09. The maximum atomic E-state index is 9.17. The molecule has 1 aromatic rings. The first-order valence-corrected chi connectivity index (χ1v) is 7.35. The molecule has 0 spiro atoms. The van der Waals surface area contributed by atoms with Gasteiger partial charge in [0.1, 0.15) is 17.9 Å². The van der Waals surface area contributed by atoms with Crippen LogP contribution in [0.1, 0.15) is 5.56 Å². The number of benzene rings is 1. The summed E-state index contributed by atoms with van der Waals surface area (Å²) < 4.78 is 7.06. The maximum Gasteiger partial charge on any atom is 0.123 e. The average Bonchev–Trinajstić information content (AvgIpc) is 2.80. The zero-order valence-electron chi connectivity index (χ0n) is 10.6. The summed E-state index contributed by atoms with van der Waals surface area (Å²) >= 11 is 3.49. The fourth-order valence-corrected chi connectivity index (χ4v) is 3.15. The molecule has 0 saturated carbocycles. The predicted molar refractivity (Wildman–Crippen MR) is 76.1 cm³/mol. The lowest BCUT2D eigenvalue weighted by Crippen LogP contribution is -2.53. The van der Waals surface area contributed by atoms with Crippen molar-refractivity contribution in [2.45, 2.75) is 18.6 Å². The average molecular weight is 322 g/mol. The van der Waals surface area contributed by atoms with E-state index in [1.54, 1.807) is 0 Å². The third-order valence-corrected chi connectivity index (χ3v) is 4.20. The SMILES string of the molecule is N#CC1CNCCN1CC1Cc2cc(Br)ccc2O1. The highest BCUT2D eigenvalue weighted by molar-refractivity contribution is 9.10. The Morgan fingerprint density at radius 1 is 1.53 bits per heavy atom. The quantitative estimate of drug-likeness (QED) is 0.898. The third kappa shape index (κ3) is 2.76. The molecule has 0 aromatic heterocycles. The fraction of sp³-hybridized carbons (Fsp3) is 0.500. The van der Waals surface area contributed by atoms with Crippen molar-refractivity contribution < 1.29 is 4.74 Å². The summed E-state index contributed by atoms with van der Waals surface area (Å²) in [6.07, 6.45) is 1.09. The third-order valence-electron chi connectivity index (χ3n) is 3.71. The first-order valence-electron chi connectivity index (χ1n) is 6.56. The van der Waals surface area contributed by atoms with Crippen LogP contribution in [-0.2, 0) is 6.42 Å². The Kier molecular flexibility index (Phi) is 3.74. The van der Waals surface area contributed by atoms with Gasteiger partial charge in [-0.1, -0.05) is 15.9 Å². The molecule has 100 valence electrons. The molecule has 5 heteroatoms. The van der Waals surface area contributed by atoms with Crippen LogP contribution < -0.4 is 10.1 Å². The highest BCUT2D eigenvalue weighted by Crippen LogP contribution is 2.31. The number of hydrogen-bond acceptors (Lipinski definition) is 4. The highest BCUT2D eigenvalue weighted by atomic mass is 79.9. The molecule has 19 heavy (non-hydrogen) atoms. The van der Waals surface area contributed by atoms with Crippen molar-refractivity contribution in [3.63, 3.8) is 0 Å². The zero-order valence-corrected chi connectivity index (χ0v) is 12.2. The van der Waals surface area contributed by atoms with E-state index in [-0.39, 0.29) is 12.1 Å². The van der Waals surface area contributed by atoms with E-state index in [4.69, 9.17) is 10.00 Å². The molecular formula is C14H16BrN3O. The van der Waals surface area contributed by atoms with Gasteiger partial charge in [-0.2, -0.15) is 5.26 Å². The Balaban J connectivity index is 1.65. The zero-order chi connectivity index (χ0) is 13.2. The van der Waals surface area contributed by atoms with Crippen LogP contribution in [0.3, 0.4) is 0 Å². The van der Waals surface area contributed by atoms with E-state index in [0.29, 0.717) is 0 Å². The Morgan fingerprint density at radius 3 is 3.26 bits per heavy atom. The van der Waals surface area contributed by atoms with Gasteiger partial charge in [-0.05, 0) is 23.8 Å². The summed E-state index contributed by atoms with van der Waals surface area (Å²) in [7, 11) is 0. The Morgan fingerprint density at radius 2 is 2.42 bits per heavy atom. The molecule has 1 saturated heterocycles. The number of halogens is 1. The summed E-state index contributed by atoms with van der Waals surface area (Å²) in [5, 5.41) is 12.4. The summed E-state index contributed by atoms with van der Waals surface area (Å²) in [5.41, 5.74) is 1.25. The lowest BCUT2D eigenvalue weighted by molar-refractivity contribution is 0.118. The van der Waals surface area contributed by atoms with E-state index in [0.717, 1.165) is 42.8 Å². The number of rotatable bonds is 2. The van der Waals surface area contributed by atoms with Crippen LogP contribution in [0.5, 0.6) is 5.75 Å². The van der Waals surface area contributed by atoms with Crippen LogP contribution in [0.2, 0.25) is 0 Å². The molecule has 2 atom stereocenters. The number of ether oxygens (including phenoxy) is 1. The number of nitriles is 1. The first-order chi connectivity index (χ1) is 9.26. The minimum atomic E-state index is -0.0344. The van der Waals surface area contributed by atoms with Crippen LogP contribution in [0.15, 0.2) is 22.7 Å². The fourth-order valence-electron chi connectivity index (χ4n) is 2.74. The van der Waals surface area contributed by atoms with E-state index in [9.17, 15) is 0 Å². The van der Waals surface area contributed by atoms with Crippen molar-refractivity contribution in [1.82, 2.24) is 10.2 Å². The van der Waals surface area contributed by atoms with E-state index >= 15 is 0 Å². The van der Waals surface area contributed by atoms with Gasteiger partial charge in [0.2, 0.25) is 0 Å².